The molecule has 4 rings (SSSR count). The summed E-state index contributed by atoms with van der Waals surface area (Å²) in [5.74, 6) is -3.86. The fourth-order valence-electron chi connectivity index (χ4n) is 7.47. The van der Waals surface area contributed by atoms with Crippen LogP contribution in [-0.2, 0) is 62.0 Å². The number of carboxylic acids is 1. The minimum atomic E-state index is -0.828. The molecule has 88 heavy (non-hydrogen) atoms. The van der Waals surface area contributed by atoms with Gasteiger partial charge in [-0.1, -0.05) is 70.2 Å². The summed E-state index contributed by atoms with van der Waals surface area (Å²) >= 11 is 0. The van der Waals surface area contributed by atoms with Crippen molar-refractivity contribution in [3.63, 3.8) is 0 Å². The lowest BCUT2D eigenvalue weighted by Crippen LogP contribution is -2.46. The Morgan fingerprint density at radius 2 is 0.932 bits per heavy atom. The predicted molar refractivity (Wildman–Crippen MR) is 341 cm³/mol. The quantitative estimate of drug-likeness (QED) is 0.0323. The van der Waals surface area contributed by atoms with Crippen molar-refractivity contribution in [2.24, 2.45) is 53.1 Å². The van der Waals surface area contributed by atoms with E-state index in [4.69, 9.17) is 22.9 Å². The summed E-state index contributed by atoms with van der Waals surface area (Å²) in [7, 11) is 11.4. The van der Waals surface area contributed by atoms with Crippen molar-refractivity contribution in [2.75, 3.05) is 95.0 Å². The van der Waals surface area contributed by atoms with Gasteiger partial charge in [-0.05, 0) is 101 Å². The van der Waals surface area contributed by atoms with Crippen molar-refractivity contribution in [2.45, 2.75) is 167 Å². The van der Waals surface area contributed by atoms with Gasteiger partial charge in [0.1, 0.15) is 32.7 Å². The molecule has 0 aromatic rings. The van der Waals surface area contributed by atoms with Crippen LogP contribution in [0.15, 0.2) is 0 Å². The van der Waals surface area contributed by atoms with Crippen molar-refractivity contribution in [3.8, 4) is 0 Å². The van der Waals surface area contributed by atoms with Gasteiger partial charge in [-0.2, -0.15) is 0 Å². The summed E-state index contributed by atoms with van der Waals surface area (Å²) in [4.78, 5) is 138. The summed E-state index contributed by atoms with van der Waals surface area (Å²) in [6, 6.07) is -0.0945. The highest BCUT2D eigenvalue weighted by Gasteiger charge is 2.38. The Balaban J connectivity index is -0.000000129. The number of nitrogens with two attached hydrogens (primary N) is 1. The molecule has 4 saturated heterocycles. The molecule has 0 saturated carbocycles. The lowest BCUT2D eigenvalue weighted by molar-refractivity contribution is -0.147. The number of aliphatic carboxylic acids is 1. The topological polar surface area (TPSA) is 391 Å². The van der Waals surface area contributed by atoms with Crippen molar-refractivity contribution in [3.05, 3.63) is 0 Å². The van der Waals surface area contributed by atoms with E-state index in [0.29, 0.717) is 32.7 Å². The van der Waals surface area contributed by atoms with Gasteiger partial charge in [-0.3, -0.25) is 33.6 Å². The number of nitrogens with zero attached hydrogens (tertiary/aromatic N) is 4. The highest BCUT2D eigenvalue weighted by molar-refractivity contribution is 6.07. The van der Waals surface area contributed by atoms with E-state index in [1.54, 1.807) is 62.7 Å². The molecular formula is C59H122N10O19. The predicted octanol–water partition coefficient (Wildman–Crippen LogP) is 4.35. The molecule has 8 amide bonds. The summed E-state index contributed by atoms with van der Waals surface area (Å²) < 4.78 is 49.0. The number of rotatable bonds is 22. The van der Waals surface area contributed by atoms with Crippen molar-refractivity contribution < 1.29 is 102 Å². The number of aliphatic hydroxyl groups excluding tert-OH is 1. The molecule has 4 aliphatic rings. The minimum Gasteiger partial charge on any atom is -0.481 e. The zero-order chi connectivity index (χ0) is 73.5. The molecule has 0 aromatic heterocycles. The first-order valence-corrected chi connectivity index (χ1v) is 29.0. The monoisotopic (exact) mass is 1280 g/mol. The number of carboxylic acid groups (broad SMARTS) is 1. The van der Waals surface area contributed by atoms with Crippen LogP contribution in [0.3, 0.4) is 0 Å². The third-order valence-electron chi connectivity index (χ3n) is 15.7. The third kappa shape index (κ3) is 31.3. The number of methoxy groups -OCH3 is 1. The van der Waals surface area contributed by atoms with Gasteiger partial charge in [-0.25, -0.2) is 38.8 Å². The van der Waals surface area contributed by atoms with E-state index in [2.05, 4.69) is 45.5 Å². The molecular weight excluding hydrogens is 1150 g/mol. The number of esters is 1. The van der Waals surface area contributed by atoms with E-state index in [0.717, 1.165) is 21.0 Å². The highest BCUT2D eigenvalue weighted by Crippen LogP contribution is 2.21. The summed E-state index contributed by atoms with van der Waals surface area (Å²) in [5, 5.41) is 33.0. The second kappa shape index (κ2) is 47.7. The number of aldehydes is 1. The van der Waals surface area contributed by atoms with E-state index in [1.807, 2.05) is 69.5 Å². The van der Waals surface area contributed by atoms with Crippen LogP contribution in [0, 0.1) is 47.3 Å². The van der Waals surface area contributed by atoms with E-state index >= 15 is 0 Å². The maximum Gasteiger partial charge on any atom is 0.416 e. The molecule has 29 heteroatoms. The summed E-state index contributed by atoms with van der Waals surface area (Å²) in [6.07, 6.45) is -1.92. The first kappa shape index (κ1) is 83.8. The molecule has 0 aliphatic carbocycles. The molecule has 15 unspecified atom stereocenters. The zero-order valence-corrected chi connectivity index (χ0v) is 55.8. The van der Waals surface area contributed by atoms with Gasteiger partial charge < -0.3 is 71.0 Å². The minimum absolute atomic E-state index is 0. The number of cyclic esters (lactones) is 4. The average Bonchev–Trinajstić information content (AvgIpc) is 1.82. The fourth-order valence-corrected chi connectivity index (χ4v) is 7.47. The molecule has 4 heterocycles. The number of likely N-dealkylation sites (N-methyl/N-ethyl adjacent to an activating group) is 3. The average molecular weight is 1280 g/mol. The Morgan fingerprint density at radius 1 is 0.580 bits per heavy atom. The number of Topliss-reactive ketones (excluding diaryl/α,β-unsaturated/α-hetero) is 1. The van der Waals surface area contributed by atoms with E-state index in [9.17, 15) is 62.6 Å². The van der Waals surface area contributed by atoms with Gasteiger partial charge >= 0.3 is 36.3 Å². The van der Waals surface area contributed by atoms with Crippen molar-refractivity contribution >= 4 is 72.0 Å². The van der Waals surface area contributed by atoms with Gasteiger partial charge in [0.15, 0.2) is 5.78 Å². The normalized spacial score (nSPS) is 19.2. The third-order valence-corrected chi connectivity index (χ3v) is 15.7. The smallest absolute Gasteiger partial charge is 0.416 e. The molecule has 0 aromatic carbocycles. The molecule has 9 N–H and O–H groups in total. The lowest BCUT2D eigenvalue weighted by atomic mass is 9.89. The Labute approximate surface area is 534 Å². The Hall–Kier alpha value is -6.24. The Morgan fingerprint density at radius 3 is 1.20 bits per heavy atom. The number of hydrogen-bond acceptors (Lipinski definition) is 24. The fraction of sp³-hybridized carbons (Fsp3) is 0.797. The van der Waals surface area contributed by atoms with Crippen LogP contribution in [0.2, 0.25) is 0 Å². The number of carbonyl (C=O) groups is 12. The van der Waals surface area contributed by atoms with Crippen LogP contribution in [0.25, 0.3) is 0 Å². The van der Waals surface area contributed by atoms with E-state index in [1.165, 1.54) is 26.3 Å². The van der Waals surface area contributed by atoms with Crippen LogP contribution in [0.5, 0.6) is 0 Å². The van der Waals surface area contributed by atoms with Crippen molar-refractivity contribution in [1.29, 1.82) is 0 Å². The molecule has 0 spiro atoms. The maximum atomic E-state index is 12.0. The number of aliphatic hydroxyl groups is 1. The molecule has 29 nitrogen and oxygen atoms in total. The number of imide groups is 4. The van der Waals surface area contributed by atoms with Crippen molar-refractivity contribution in [1.82, 2.24) is 46.2 Å². The van der Waals surface area contributed by atoms with Crippen LogP contribution >= 0.6 is 0 Å². The second-order valence-corrected chi connectivity index (χ2v) is 21.3. The standard InChI is InChI=1S/C11H20N2O3.C10H18N2O4.C10H16N2O4.2C8H17NO2.C6H9NO3.C4H9NO.2CH4.4H2/c1-7(9(3)12-4)8(2)10(14)13-5-6-16-11(13)15;2*1-6(8(13)7(2)11-3)9(14)12-4-5-16-10(12)15;1-5(7(3)9)6(2)8(10)11-4;1-5(7(3)9-4)6(2)8(10)11;1-2-5(8)7-3-4-10-6(7)9;1-4(3-6)5-2;;;;;;/h7-9,12H,5-6H2,1-4H3;6-8,11,13H,4-5H2,1-3H3;6-7,11H,4-5H2,1-3H3;5-7H,9H2,1-4H3;5-7,9H,1-4H3,(H,10,11);2-4H2,1H3;3-5H,1-2H3;2*1H4;4*1H/i;;;;;;;1D;;2*1+1D;2*1+1. The molecule has 15 atom stereocenters. The summed E-state index contributed by atoms with van der Waals surface area (Å²) in [5.41, 5.74) is 5.62. The first-order chi connectivity index (χ1) is 43.0. The zero-order valence-electron chi connectivity index (χ0n) is 60.8. The van der Waals surface area contributed by atoms with Crippen LogP contribution in [0.4, 0.5) is 19.2 Å². The molecule has 0 bridgehead atoms. The molecule has 4 aliphatic heterocycles. The highest BCUT2D eigenvalue weighted by atomic mass is 16.6. The summed E-state index contributed by atoms with van der Waals surface area (Å²) in [6.45, 7) is 29.7. The number of nitrogens with one attached hydrogen (secondary N) is 5. The van der Waals surface area contributed by atoms with Crippen LogP contribution < -0.4 is 32.3 Å². The van der Waals surface area contributed by atoms with E-state index in [-0.39, 0.29) is 126 Å². The van der Waals surface area contributed by atoms with E-state index < -0.39 is 66.1 Å². The first-order valence-electron chi connectivity index (χ1n) is 32.0. The number of ketones is 1. The van der Waals surface area contributed by atoms with Crippen LogP contribution in [-0.4, -0.2) is 239 Å². The Bertz CT molecular complexity index is 2120. The molecule has 4 fully saturated rings. The van der Waals surface area contributed by atoms with Gasteiger partial charge in [0.05, 0.1) is 75.1 Å². The SMILES string of the molecule is C.CCC(=O)N1CCOC1=O.CNC(C)C(=O)C(C)C(=O)N1CCOC1=O.CNC(C)C(C)C(C)C(=O)N1CCOC1=O.CNC(C)C(C)C(C)C(=O)O.CNC(C)C(O)C(C)C(=O)N1CCOC1=O.CNC(C)C=O.COC(=O)C(C)C(C)C(C)N.[2HH].[2HH].[2H]C.[2H][2H].[2H][2H]. The second-order valence-electron chi connectivity index (χ2n) is 21.3. The maximum absolute atomic E-state index is 12.0. The van der Waals surface area contributed by atoms with Gasteiger partial charge in [0, 0.05) is 46.7 Å². The number of carbonyl (C=O) groups excluding carboxylic acids is 11. The molecule has 522 valence electrons. The largest absolute Gasteiger partial charge is 0.481 e. The van der Waals surface area contributed by atoms with Crippen LogP contribution in [0.1, 0.15) is 135 Å². The van der Waals surface area contributed by atoms with Gasteiger partial charge in [0.2, 0.25) is 23.6 Å². The van der Waals surface area contributed by atoms with Gasteiger partial charge in [0.25, 0.3) is 0 Å². The number of amides is 8. The molecule has 0 radical (unpaired) electrons. The lowest BCUT2D eigenvalue weighted by Gasteiger charge is -2.26. The number of ether oxygens (including phenoxy) is 5. The number of hydrogen-bond donors (Lipinski definition) is 8. The Kier molecular flexibility index (Phi) is 45.5. The van der Waals surface area contributed by atoms with Gasteiger partial charge in [-0.15, -0.1) is 0 Å².